The normalized spacial score (nSPS) is 17.6. The van der Waals surface area contributed by atoms with Crippen LogP contribution in [0.5, 0.6) is 23.1 Å². The number of nitrogens with two attached hydrogens (primary N) is 1. The molecule has 1 fully saturated rings. The smallest absolute Gasteiger partial charge is 0.243 e. The van der Waals surface area contributed by atoms with Gasteiger partial charge in [0.05, 0.1) is 17.8 Å². The number of ether oxygens (including phenoxy) is 2. The van der Waals surface area contributed by atoms with E-state index in [4.69, 9.17) is 15.2 Å². The maximum Gasteiger partial charge on any atom is 0.243 e. The van der Waals surface area contributed by atoms with Gasteiger partial charge in [-0.1, -0.05) is 12.1 Å². The number of rotatable bonds is 8. The molecule has 9 heteroatoms. The Kier molecular flexibility index (Phi) is 7.79. The van der Waals surface area contributed by atoms with Crippen molar-refractivity contribution in [2.45, 2.75) is 19.4 Å². The van der Waals surface area contributed by atoms with Gasteiger partial charge in [-0.2, -0.15) is 0 Å². The molecule has 0 radical (unpaired) electrons. The molecule has 0 spiro atoms. The van der Waals surface area contributed by atoms with Crippen LogP contribution in [0.15, 0.2) is 79.0 Å². The number of carbonyl (C=O) groups is 2. The average molecular weight is 491 g/mol. The lowest BCUT2D eigenvalue weighted by Gasteiger charge is -2.38. The Morgan fingerprint density at radius 3 is 2.44 bits per heavy atom. The molecule has 3 N–H and O–H groups in total. The fourth-order valence-electron chi connectivity index (χ4n) is 4.00. The number of pyridine rings is 1. The molecule has 4 rings (SSSR count). The van der Waals surface area contributed by atoms with Gasteiger partial charge >= 0.3 is 0 Å². The summed E-state index contributed by atoms with van der Waals surface area (Å²) in [7, 11) is 0. The van der Waals surface area contributed by atoms with E-state index in [2.05, 4.69) is 10.3 Å². The number of halogens is 1. The molecule has 36 heavy (non-hydrogen) atoms. The van der Waals surface area contributed by atoms with Crippen LogP contribution in [0.2, 0.25) is 0 Å². The van der Waals surface area contributed by atoms with E-state index >= 15 is 0 Å². The van der Waals surface area contributed by atoms with Gasteiger partial charge in [-0.25, -0.2) is 9.37 Å². The molecular formula is C27H27FN4O4. The van der Waals surface area contributed by atoms with E-state index in [1.54, 1.807) is 61.7 Å². The van der Waals surface area contributed by atoms with E-state index in [-0.39, 0.29) is 17.8 Å². The zero-order chi connectivity index (χ0) is 25.5. The second kappa shape index (κ2) is 11.4. The SMILES string of the molecule is CC=CC(=O)NC1CC(C(N)=O)CN(c2ccc(Oc3ccc(Oc4cccc(F)c4)cc3)nc2)C1. The van der Waals surface area contributed by atoms with Crippen LogP contribution in [0.1, 0.15) is 13.3 Å². The number of allylic oxidation sites excluding steroid dienone is 1. The van der Waals surface area contributed by atoms with Crippen LogP contribution in [-0.4, -0.2) is 35.9 Å². The minimum absolute atomic E-state index is 0.207. The molecule has 0 aliphatic carbocycles. The molecule has 1 saturated heterocycles. The lowest BCUT2D eigenvalue weighted by atomic mass is 9.93. The van der Waals surface area contributed by atoms with Crippen molar-refractivity contribution in [3.63, 3.8) is 0 Å². The molecule has 1 aromatic heterocycles. The zero-order valence-corrected chi connectivity index (χ0v) is 19.8. The molecule has 0 bridgehead atoms. The first kappa shape index (κ1) is 24.7. The summed E-state index contributed by atoms with van der Waals surface area (Å²) in [6.07, 6.45) is 5.26. The fraction of sp³-hybridized carbons (Fsp3) is 0.222. The number of hydrogen-bond acceptors (Lipinski definition) is 6. The number of hydrogen-bond donors (Lipinski definition) is 2. The van der Waals surface area contributed by atoms with Crippen LogP contribution in [0.25, 0.3) is 0 Å². The van der Waals surface area contributed by atoms with Crippen molar-refractivity contribution < 1.29 is 23.5 Å². The van der Waals surface area contributed by atoms with E-state index in [1.807, 2.05) is 11.0 Å². The fourth-order valence-corrected chi connectivity index (χ4v) is 4.00. The Hall–Kier alpha value is -4.40. The molecule has 2 aromatic carbocycles. The summed E-state index contributed by atoms with van der Waals surface area (Å²) in [5.74, 6) is 0.524. The summed E-state index contributed by atoms with van der Waals surface area (Å²) in [4.78, 5) is 30.2. The highest BCUT2D eigenvalue weighted by molar-refractivity contribution is 5.87. The molecule has 186 valence electrons. The van der Waals surface area contributed by atoms with Gasteiger partial charge in [0.2, 0.25) is 17.7 Å². The molecule has 1 aliphatic heterocycles. The number of anilines is 1. The number of amides is 2. The number of carbonyl (C=O) groups excluding carboxylic acids is 2. The second-order valence-electron chi connectivity index (χ2n) is 8.43. The summed E-state index contributed by atoms with van der Waals surface area (Å²) in [6, 6.07) is 16.2. The molecule has 1 aliphatic rings. The Morgan fingerprint density at radius 2 is 1.81 bits per heavy atom. The monoisotopic (exact) mass is 490 g/mol. The summed E-state index contributed by atoms with van der Waals surface area (Å²) >= 11 is 0. The quantitative estimate of drug-likeness (QED) is 0.459. The van der Waals surface area contributed by atoms with E-state index < -0.39 is 11.8 Å². The highest BCUT2D eigenvalue weighted by Crippen LogP contribution is 2.28. The van der Waals surface area contributed by atoms with E-state index in [9.17, 15) is 14.0 Å². The highest BCUT2D eigenvalue weighted by Gasteiger charge is 2.31. The molecule has 3 aromatic rings. The summed E-state index contributed by atoms with van der Waals surface area (Å²) in [5.41, 5.74) is 6.37. The standard InChI is InChI=1S/C27H27FN4O4/c1-2-4-25(33)31-20-13-18(27(29)34)16-32(17-20)21-7-12-26(30-15-21)36-23-10-8-22(9-11-23)35-24-6-3-5-19(28)14-24/h2-12,14-15,18,20H,13,16-17H2,1H3,(H2,29,34)(H,31,33). The maximum absolute atomic E-state index is 13.3. The van der Waals surface area contributed by atoms with Gasteiger partial charge < -0.3 is 25.4 Å². The third kappa shape index (κ3) is 6.59. The van der Waals surface area contributed by atoms with Gasteiger partial charge in [-0.15, -0.1) is 0 Å². The van der Waals surface area contributed by atoms with Crippen molar-refractivity contribution in [3.05, 3.63) is 84.8 Å². The number of piperidine rings is 1. The molecule has 8 nitrogen and oxygen atoms in total. The lowest BCUT2D eigenvalue weighted by Crippen LogP contribution is -2.53. The summed E-state index contributed by atoms with van der Waals surface area (Å²) in [5, 5.41) is 2.92. The van der Waals surface area contributed by atoms with E-state index in [0.717, 1.165) is 5.69 Å². The first-order valence-electron chi connectivity index (χ1n) is 11.5. The van der Waals surface area contributed by atoms with Crippen molar-refractivity contribution in [1.82, 2.24) is 10.3 Å². The van der Waals surface area contributed by atoms with Gasteiger partial charge in [0, 0.05) is 31.3 Å². The van der Waals surface area contributed by atoms with Crippen LogP contribution >= 0.6 is 0 Å². The molecule has 2 atom stereocenters. The van der Waals surface area contributed by atoms with Crippen molar-refractivity contribution in [2.75, 3.05) is 18.0 Å². The Labute approximate surface area is 208 Å². The molecular weight excluding hydrogens is 463 g/mol. The third-order valence-corrected chi connectivity index (χ3v) is 5.68. The Morgan fingerprint density at radius 1 is 1.06 bits per heavy atom. The highest BCUT2D eigenvalue weighted by atomic mass is 19.1. The van der Waals surface area contributed by atoms with Crippen molar-refractivity contribution in [2.24, 2.45) is 11.7 Å². The van der Waals surface area contributed by atoms with Crippen LogP contribution in [0, 0.1) is 11.7 Å². The van der Waals surface area contributed by atoms with Crippen molar-refractivity contribution in [3.8, 4) is 23.1 Å². The van der Waals surface area contributed by atoms with Gasteiger partial charge in [-0.05, 0) is 61.9 Å². The van der Waals surface area contributed by atoms with Crippen molar-refractivity contribution in [1.29, 1.82) is 0 Å². The molecule has 0 saturated carbocycles. The minimum Gasteiger partial charge on any atom is -0.457 e. The molecule has 2 heterocycles. The third-order valence-electron chi connectivity index (χ3n) is 5.68. The summed E-state index contributed by atoms with van der Waals surface area (Å²) in [6.45, 7) is 2.74. The van der Waals surface area contributed by atoms with Crippen molar-refractivity contribution >= 4 is 17.5 Å². The molecule has 2 unspecified atom stereocenters. The Balaban J connectivity index is 1.39. The predicted molar refractivity (Wildman–Crippen MR) is 133 cm³/mol. The maximum atomic E-state index is 13.3. The number of nitrogens with zero attached hydrogens (tertiary/aromatic N) is 2. The number of aromatic nitrogens is 1. The lowest BCUT2D eigenvalue weighted by molar-refractivity contribution is -0.123. The van der Waals surface area contributed by atoms with Crippen LogP contribution in [0.3, 0.4) is 0 Å². The van der Waals surface area contributed by atoms with Crippen LogP contribution in [-0.2, 0) is 9.59 Å². The number of nitrogens with one attached hydrogen (secondary N) is 1. The Bertz CT molecular complexity index is 1230. The number of primary amides is 1. The summed E-state index contributed by atoms with van der Waals surface area (Å²) < 4.78 is 24.8. The van der Waals surface area contributed by atoms with Crippen LogP contribution in [0.4, 0.5) is 10.1 Å². The zero-order valence-electron chi connectivity index (χ0n) is 19.8. The van der Waals surface area contributed by atoms with Gasteiger partial charge in [0.1, 0.15) is 23.1 Å². The topological polar surface area (TPSA) is 107 Å². The van der Waals surface area contributed by atoms with Crippen LogP contribution < -0.4 is 25.4 Å². The predicted octanol–water partition coefficient (Wildman–Crippen LogP) is 4.18. The second-order valence-corrected chi connectivity index (χ2v) is 8.43. The van der Waals surface area contributed by atoms with Gasteiger partial charge in [-0.3, -0.25) is 9.59 Å². The van der Waals surface area contributed by atoms with E-state index in [1.165, 1.54) is 18.2 Å². The minimum atomic E-state index is -0.400. The number of benzene rings is 2. The van der Waals surface area contributed by atoms with E-state index in [0.29, 0.717) is 42.6 Å². The van der Waals surface area contributed by atoms with Gasteiger partial charge in [0.25, 0.3) is 0 Å². The van der Waals surface area contributed by atoms with Gasteiger partial charge in [0.15, 0.2) is 0 Å². The largest absolute Gasteiger partial charge is 0.457 e. The average Bonchev–Trinajstić information content (AvgIpc) is 2.86. The first-order valence-corrected chi connectivity index (χ1v) is 11.5. The molecule has 2 amide bonds. The first-order chi connectivity index (χ1) is 17.4.